The van der Waals surface area contributed by atoms with Crippen molar-refractivity contribution in [1.82, 2.24) is 0 Å². The molecule has 0 fully saturated rings. The number of halogens is 1. The first-order valence-corrected chi connectivity index (χ1v) is 9.29. The molecule has 0 saturated heterocycles. The first-order valence-electron chi connectivity index (χ1n) is 7.40. The van der Waals surface area contributed by atoms with Crippen LogP contribution in [0.1, 0.15) is 5.56 Å². The zero-order chi connectivity index (χ0) is 17.7. The normalized spacial score (nSPS) is 12.6. The topological polar surface area (TPSA) is 67.7 Å². The Kier molecular flexibility index (Phi) is 5.69. The van der Waals surface area contributed by atoms with Crippen molar-refractivity contribution in [3.63, 3.8) is 0 Å². The van der Waals surface area contributed by atoms with E-state index >= 15 is 0 Å². The van der Waals surface area contributed by atoms with Gasteiger partial charge in [-0.3, -0.25) is 4.79 Å². The molecule has 2 N–H and O–H groups in total. The maximum Gasteiger partial charge on any atom is 0.279 e. The third-order valence-corrected chi connectivity index (χ3v) is 4.54. The molecule has 5 nitrogen and oxygen atoms in total. The minimum Gasteiger partial charge on any atom is -0.326 e. The van der Waals surface area contributed by atoms with Crippen LogP contribution in [0.15, 0.2) is 53.4 Å². The predicted octanol–water partition coefficient (Wildman–Crippen LogP) is 0.883. The van der Waals surface area contributed by atoms with Crippen LogP contribution in [-0.2, 0) is 21.2 Å². The molecule has 2 aromatic carbocycles. The number of benzene rings is 2. The van der Waals surface area contributed by atoms with E-state index in [9.17, 15) is 17.6 Å². The summed E-state index contributed by atoms with van der Waals surface area (Å²) in [6.07, 6.45) is 1.12. The maximum absolute atomic E-state index is 12.9. The van der Waals surface area contributed by atoms with Crippen LogP contribution in [0.3, 0.4) is 0 Å². The van der Waals surface area contributed by atoms with Crippen molar-refractivity contribution in [2.45, 2.75) is 11.4 Å². The van der Waals surface area contributed by atoms with Crippen LogP contribution in [0.4, 0.5) is 10.1 Å². The van der Waals surface area contributed by atoms with Crippen LogP contribution in [0.25, 0.3) is 0 Å². The van der Waals surface area contributed by atoms with E-state index in [-0.39, 0.29) is 23.2 Å². The molecule has 0 aromatic heterocycles. The molecule has 7 heteroatoms. The molecule has 2 rings (SSSR count). The molecule has 2 aromatic rings. The fourth-order valence-corrected chi connectivity index (χ4v) is 2.96. The number of rotatable bonds is 6. The lowest BCUT2D eigenvalue weighted by atomic mass is 10.2. The molecule has 0 radical (unpaired) electrons. The molecule has 0 saturated carbocycles. The second kappa shape index (κ2) is 7.55. The van der Waals surface area contributed by atoms with Crippen molar-refractivity contribution in [3.05, 3.63) is 59.9 Å². The zero-order valence-corrected chi connectivity index (χ0v) is 14.4. The SMILES string of the molecule is C[NH+](CC(=O)Nc1cccc(S(C)(=O)=O)c1)Cc1ccc(F)cc1. The van der Waals surface area contributed by atoms with E-state index in [2.05, 4.69) is 5.32 Å². The summed E-state index contributed by atoms with van der Waals surface area (Å²) in [7, 11) is -1.46. The number of sulfone groups is 1. The Hall–Kier alpha value is -2.25. The van der Waals surface area contributed by atoms with E-state index in [1.54, 1.807) is 24.3 Å². The minimum atomic E-state index is -3.32. The number of carbonyl (C=O) groups excluding carboxylic acids is 1. The second-order valence-corrected chi connectivity index (χ2v) is 7.80. The molecule has 0 bridgehead atoms. The predicted molar refractivity (Wildman–Crippen MR) is 90.0 cm³/mol. The van der Waals surface area contributed by atoms with Gasteiger partial charge in [0.1, 0.15) is 12.4 Å². The third-order valence-electron chi connectivity index (χ3n) is 3.43. The monoisotopic (exact) mass is 351 g/mol. The van der Waals surface area contributed by atoms with E-state index < -0.39 is 9.84 Å². The van der Waals surface area contributed by atoms with Gasteiger partial charge in [0.25, 0.3) is 5.91 Å². The average molecular weight is 351 g/mol. The van der Waals surface area contributed by atoms with Crippen LogP contribution in [0.5, 0.6) is 0 Å². The van der Waals surface area contributed by atoms with Crippen LogP contribution >= 0.6 is 0 Å². The van der Waals surface area contributed by atoms with Gasteiger partial charge < -0.3 is 10.2 Å². The van der Waals surface area contributed by atoms with Gasteiger partial charge in [0.05, 0.1) is 11.9 Å². The van der Waals surface area contributed by atoms with Gasteiger partial charge in [-0.1, -0.05) is 18.2 Å². The van der Waals surface area contributed by atoms with Crippen molar-refractivity contribution in [3.8, 4) is 0 Å². The fourth-order valence-electron chi connectivity index (χ4n) is 2.30. The maximum atomic E-state index is 12.9. The highest BCUT2D eigenvalue weighted by Gasteiger charge is 2.13. The molecule has 1 atom stereocenters. The zero-order valence-electron chi connectivity index (χ0n) is 13.5. The first-order chi connectivity index (χ1) is 11.2. The van der Waals surface area contributed by atoms with Gasteiger partial charge in [0, 0.05) is 17.5 Å². The van der Waals surface area contributed by atoms with Crippen molar-refractivity contribution >= 4 is 21.4 Å². The van der Waals surface area contributed by atoms with Gasteiger partial charge in [0.15, 0.2) is 16.4 Å². The van der Waals surface area contributed by atoms with E-state index in [0.29, 0.717) is 12.2 Å². The lowest BCUT2D eigenvalue weighted by Crippen LogP contribution is -3.08. The van der Waals surface area contributed by atoms with Crippen LogP contribution < -0.4 is 10.2 Å². The molecular weight excluding hydrogens is 331 g/mol. The fraction of sp³-hybridized carbons (Fsp3) is 0.235. The number of amides is 1. The van der Waals surface area contributed by atoms with Crippen molar-refractivity contribution in [2.75, 3.05) is 25.2 Å². The van der Waals surface area contributed by atoms with E-state index in [1.807, 2.05) is 7.05 Å². The number of carbonyl (C=O) groups is 1. The Labute approximate surface area is 141 Å². The highest BCUT2D eigenvalue weighted by atomic mass is 32.2. The van der Waals surface area contributed by atoms with Gasteiger partial charge in [-0.05, 0) is 30.3 Å². The van der Waals surface area contributed by atoms with Crippen molar-refractivity contribution < 1.29 is 22.5 Å². The van der Waals surface area contributed by atoms with Crippen LogP contribution in [-0.4, -0.2) is 34.2 Å². The van der Waals surface area contributed by atoms with Gasteiger partial charge in [-0.15, -0.1) is 0 Å². The summed E-state index contributed by atoms with van der Waals surface area (Å²) in [5, 5.41) is 2.70. The van der Waals surface area contributed by atoms with Crippen molar-refractivity contribution in [1.29, 1.82) is 0 Å². The largest absolute Gasteiger partial charge is 0.326 e. The van der Waals surface area contributed by atoms with Crippen LogP contribution in [0, 0.1) is 5.82 Å². The Morgan fingerprint density at radius 2 is 1.83 bits per heavy atom. The molecule has 128 valence electrons. The molecular formula is C17H20FN2O3S+. The minimum absolute atomic E-state index is 0.160. The first kappa shape index (κ1) is 18.1. The van der Waals surface area contributed by atoms with Gasteiger partial charge >= 0.3 is 0 Å². The second-order valence-electron chi connectivity index (χ2n) is 5.79. The average Bonchev–Trinajstić information content (AvgIpc) is 2.49. The standard InChI is InChI=1S/C17H19FN2O3S/c1-20(11-13-6-8-14(18)9-7-13)12-17(21)19-15-4-3-5-16(10-15)24(2,22)23/h3-10H,11-12H2,1-2H3,(H,19,21)/p+1. The Bertz CT molecular complexity index is 820. The van der Waals surface area contributed by atoms with Gasteiger partial charge in [0.2, 0.25) is 0 Å². The van der Waals surface area contributed by atoms with E-state index in [4.69, 9.17) is 0 Å². The van der Waals surface area contributed by atoms with E-state index in [0.717, 1.165) is 16.7 Å². The summed E-state index contributed by atoms with van der Waals surface area (Å²) < 4.78 is 35.9. The van der Waals surface area contributed by atoms with Gasteiger partial charge in [-0.2, -0.15) is 0 Å². The molecule has 0 heterocycles. The summed E-state index contributed by atoms with van der Waals surface area (Å²) in [4.78, 5) is 13.2. The molecule has 1 unspecified atom stereocenters. The summed E-state index contributed by atoms with van der Waals surface area (Å²) in [5.41, 5.74) is 1.37. The summed E-state index contributed by atoms with van der Waals surface area (Å²) in [5.74, 6) is -0.514. The Morgan fingerprint density at radius 3 is 2.46 bits per heavy atom. The molecule has 0 aliphatic rings. The van der Waals surface area contributed by atoms with E-state index in [1.165, 1.54) is 24.3 Å². The number of hydrogen-bond donors (Lipinski definition) is 2. The third kappa shape index (κ3) is 5.43. The summed E-state index contributed by atoms with van der Waals surface area (Å²) >= 11 is 0. The number of anilines is 1. The number of hydrogen-bond acceptors (Lipinski definition) is 3. The Balaban J connectivity index is 1.94. The lowest BCUT2D eigenvalue weighted by Gasteiger charge is -2.14. The molecule has 0 spiro atoms. The number of likely N-dealkylation sites (N-methyl/N-ethyl adjacent to an activating group) is 1. The summed E-state index contributed by atoms with van der Waals surface area (Å²) in [6, 6.07) is 12.3. The lowest BCUT2D eigenvalue weighted by molar-refractivity contribution is -0.885. The molecule has 1 amide bonds. The van der Waals surface area contributed by atoms with Crippen molar-refractivity contribution in [2.24, 2.45) is 0 Å². The number of nitrogens with one attached hydrogen (secondary N) is 2. The molecule has 0 aliphatic carbocycles. The smallest absolute Gasteiger partial charge is 0.279 e. The summed E-state index contributed by atoms with van der Waals surface area (Å²) in [6.45, 7) is 0.789. The van der Waals surface area contributed by atoms with Gasteiger partial charge in [-0.25, -0.2) is 12.8 Å². The highest BCUT2D eigenvalue weighted by molar-refractivity contribution is 7.90. The Morgan fingerprint density at radius 1 is 1.17 bits per heavy atom. The highest BCUT2D eigenvalue weighted by Crippen LogP contribution is 2.14. The number of quaternary nitrogens is 1. The molecule has 0 aliphatic heterocycles. The quantitative estimate of drug-likeness (QED) is 0.812. The van der Waals surface area contributed by atoms with Crippen LogP contribution in [0.2, 0.25) is 0 Å². The molecule has 24 heavy (non-hydrogen) atoms.